The quantitative estimate of drug-likeness (QED) is 0.530. The van der Waals surface area contributed by atoms with Gasteiger partial charge in [-0.3, -0.25) is 9.48 Å². The second-order valence-electron chi connectivity index (χ2n) is 5.62. The van der Waals surface area contributed by atoms with Crippen molar-refractivity contribution >= 4 is 23.4 Å². The number of amides is 1. The van der Waals surface area contributed by atoms with Gasteiger partial charge in [0.05, 0.1) is 18.4 Å². The summed E-state index contributed by atoms with van der Waals surface area (Å²) in [5.41, 5.74) is 2.55. The Balaban J connectivity index is 1.68. The molecule has 6 nitrogen and oxygen atoms in total. The number of anilines is 1. The number of rotatable bonds is 6. The zero-order chi connectivity index (χ0) is 18.5. The molecule has 0 saturated heterocycles. The highest BCUT2D eigenvalue weighted by molar-refractivity contribution is 7.99. The number of halogens is 1. The molecule has 1 amide bonds. The second-order valence-corrected chi connectivity index (χ2v) is 6.85. The van der Waals surface area contributed by atoms with Gasteiger partial charge < -0.3 is 5.32 Å². The van der Waals surface area contributed by atoms with Crippen LogP contribution in [0.3, 0.4) is 0 Å². The summed E-state index contributed by atoms with van der Waals surface area (Å²) in [6.45, 7) is 4.32. The van der Waals surface area contributed by atoms with Crippen LogP contribution in [0.1, 0.15) is 28.7 Å². The number of nitrogens with one attached hydrogen (secondary N) is 1. The highest BCUT2D eigenvalue weighted by Crippen LogP contribution is 2.15. The maximum Gasteiger partial charge on any atom is 0.274 e. The average molecular weight is 371 g/mol. The lowest BCUT2D eigenvalue weighted by atomic mass is 10.2. The Bertz CT molecular complexity index is 910. The summed E-state index contributed by atoms with van der Waals surface area (Å²) in [5, 5.41) is 7.59. The van der Waals surface area contributed by atoms with E-state index in [4.69, 9.17) is 0 Å². The number of hydrogen-bond donors (Lipinski definition) is 1. The lowest BCUT2D eigenvalue weighted by Crippen LogP contribution is -2.14. The highest BCUT2D eigenvalue weighted by atomic mass is 32.2. The fourth-order valence-corrected chi connectivity index (χ4v) is 2.97. The molecule has 0 fully saturated rings. The highest BCUT2D eigenvalue weighted by Gasteiger charge is 2.12. The van der Waals surface area contributed by atoms with E-state index in [1.165, 1.54) is 23.9 Å². The number of aromatic nitrogens is 4. The Morgan fingerprint density at radius 1 is 1.27 bits per heavy atom. The minimum atomic E-state index is -0.310. The van der Waals surface area contributed by atoms with Crippen LogP contribution in [0, 0.1) is 12.7 Å². The third-order valence-corrected chi connectivity index (χ3v) is 4.22. The van der Waals surface area contributed by atoms with Gasteiger partial charge in [-0.15, -0.1) is 0 Å². The monoisotopic (exact) mass is 371 g/mol. The summed E-state index contributed by atoms with van der Waals surface area (Å²) >= 11 is 1.49. The molecule has 0 bridgehead atoms. The molecule has 3 rings (SSSR count). The summed E-state index contributed by atoms with van der Waals surface area (Å²) < 4.78 is 14.6. The Morgan fingerprint density at radius 2 is 2.04 bits per heavy atom. The summed E-state index contributed by atoms with van der Waals surface area (Å²) in [5.74, 6) is 0.249. The molecule has 0 radical (unpaired) electrons. The van der Waals surface area contributed by atoms with Crippen molar-refractivity contribution < 1.29 is 9.18 Å². The van der Waals surface area contributed by atoms with Gasteiger partial charge in [-0.25, -0.2) is 14.4 Å². The standard InChI is InChI=1S/C18H18FN5OS/c1-3-26-18-21-12(2)8-16(23-18)17(25)22-15-9-20-24(11-15)10-13-4-6-14(19)7-5-13/h4-9,11H,3,10H2,1-2H3,(H,22,25). The molecule has 134 valence electrons. The molecule has 1 aromatic carbocycles. The Kier molecular flexibility index (Phi) is 5.62. The molecule has 0 aliphatic rings. The first-order valence-electron chi connectivity index (χ1n) is 8.10. The van der Waals surface area contributed by atoms with Crippen molar-refractivity contribution in [2.45, 2.75) is 25.5 Å². The zero-order valence-electron chi connectivity index (χ0n) is 14.4. The van der Waals surface area contributed by atoms with E-state index in [9.17, 15) is 9.18 Å². The van der Waals surface area contributed by atoms with Gasteiger partial charge in [-0.2, -0.15) is 5.10 Å². The number of carbonyl (C=O) groups is 1. The lowest BCUT2D eigenvalue weighted by molar-refractivity contribution is 0.102. The first kappa shape index (κ1) is 18.1. The van der Waals surface area contributed by atoms with Crippen LogP contribution in [-0.2, 0) is 6.54 Å². The second kappa shape index (κ2) is 8.09. The molecule has 0 spiro atoms. The molecular formula is C18H18FN5OS. The maximum atomic E-state index is 13.0. The molecule has 0 atom stereocenters. The smallest absolute Gasteiger partial charge is 0.274 e. The molecule has 0 unspecified atom stereocenters. The fourth-order valence-electron chi connectivity index (χ4n) is 2.34. The van der Waals surface area contributed by atoms with Gasteiger partial charge in [0.2, 0.25) is 0 Å². The van der Waals surface area contributed by atoms with E-state index >= 15 is 0 Å². The number of thioether (sulfide) groups is 1. The molecule has 1 N–H and O–H groups in total. The van der Waals surface area contributed by atoms with Crippen molar-refractivity contribution in [3.05, 3.63) is 65.5 Å². The summed E-state index contributed by atoms with van der Waals surface area (Å²) in [4.78, 5) is 21.0. The molecule has 2 aromatic heterocycles. The zero-order valence-corrected chi connectivity index (χ0v) is 15.3. The lowest BCUT2D eigenvalue weighted by Gasteiger charge is -2.05. The van der Waals surface area contributed by atoms with Gasteiger partial charge in [-0.1, -0.05) is 30.8 Å². The molecule has 8 heteroatoms. The Labute approximate surface area is 154 Å². The number of carbonyl (C=O) groups excluding carboxylic acids is 1. The summed E-state index contributed by atoms with van der Waals surface area (Å²) in [6.07, 6.45) is 3.29. The van der Waals surface area contributed by atoms with E-state index < -0.39 is 0 Å². The van der Waals surface area contributed by atoms with E-state index in [1.807, 2.05) is 13.8 Å². The average Bonchev–Trinajstić information content (AvgIpc) is 3.03. The number of nitrogens with zero attached hydrogens (tertiary/aromatic N) is 4. The minimum Gasteiger partial charge on any atom is -0.318 e. The van der Waals surface area contributed by atoms with Gasteiger partial charge in [0.15, 0.2) is 5.16 Å². The third-order valence-electron chi connectivity index (χ3n) is 3.49. The molecule has 26 heavy (non-hydrogen) atoms. The summed E-state index contributed by atoms with van der Waals surface area (Å²) in [7, 11) is 0. The van der Waals surface area contributed by atoms with Crippen LogP contribution in [0.25, 0.3) is 0 Å². The first-order chi connectivity index (χ1) is 12.5. The molecule has 0 saturated carbocycles. The van der Waals surface area contributed by atoms with E-state index in [0.29, 0.717) is 23.1 Å². The van der Waals surface area contributed by atoms with Crippen molar-refractivity contribution in [1.82, 2.24) is 19.7 Å². The SMILES string of the molecule is CCSc1nc(C)cc(C(=O)Nc2cnn(Cc3ccc(F)cc3)c2)n1. The van der Waals surface area contributed by atoms with Crippen LogP contribution in [0.5, 0.6) is 0 Å². The normalized spacial score (nSPS) is 10.7. The molecule has 2 heterocycles. The van der Waals surface area contributed by atoms with Gasteiger partial charge in [0.25, 0.3) is 5.91 Å². The Morgan fingerprint density at radius 3 is 2.77 bits per heavy atom. The van der Waals surface area contributed by atoms with E-state index in [-0.39, 0.29) is 11.7 Å². The number of hydrogen-bond acceptors (Lipinski definition) is 5. The number of benzene rings is 1. The predicted octanol–water partition coefficient (Wildman–Crippen LogP) is 3.53. The van der Waals surface area contributed by atoms with Crippen molar-refractivity contribution in [2.24, 2.45) is 0 Å². The van der Waals surface area contributed by atoms with Crippen LogP contribution in [0.4, 0.5) is 10.1 Å². The number of aryl methyl sites for hydroxylation is 1. The molecule has 0 aliphatic carbocycles. The predicted molar refractivity (Wildman–Crippen MR) is 98.8 cm³/mol. The van der Waals surface area contributed by atoms with Crippen LogP contribution >= 0.6 is 11.8 Å². The minimum absolute atomic E-state index is 0.275. The largest absolute Gasteiger partial charge is 0.318 e. The van der Waals surface area contributed by atoms with Crippen molar-refractivity contribution in [1.29, 1.82) is 0 Å². The van der Waals surface area contributed by atoms with E-state index in [2.05, 4.69) is 20.4 Å². The van der Waals surface area contributed by atoms with Gasteiger partial charge in [0, 0.05) is 11.9 Å². The molecule has 3 aromatic rings. The van der Waals surface area contributed by atoms with Crippen molar-refractivity contribution in [3.63, 3.8) is 0 Å². The van der Waals surface area contributed by atoms with Gasteiger partial charge in [0.1, 0.15) is 11.5 Å². The van der Waals surface area contributed by atoms with Crippen LogP contribution < -0.4 is 5.32 Å². The van der Waals surface area contributed by atoms with E-state index in [0.717, 1.165) is 17.0 Å². The molecular weight excluding hydrogens is 353 g/mol. The Hall–Kier alpha value is -2.74. The topological polar surface area (TPSA) is 72.7 Å². The third kappa shape index (κ3) is 4.66. The van der Waals surface area contributed by atoms with Crippen LogP contribution in [-0.4, -0.2) is 31.4 Å². The molecule has 0 aliphatic heterocycles. The van der Waals surface area contributed by atoms with Crippen LogP contribution in [0.15, 0.2) is 47.9 Å². The van der Waals surface area contributed by atoms with Crippen molar-refractivity contribution in [3.8, 4) is 0 Å². The van der Waals surface area contributed by atoms with Crippen molar-refractivity contribution in [2.75, 3.05) is 11.1 Å². The van der Waals surface area contributed by atoms with Crippen LogP contribution in [0.2, 0.25) is 0 Å². The summed E-state index contributed by atoms with van der Waals surface area (Å²) in [6, 6.07) is 7.87. The maximum absolute atomic E-state index is 13.0. The van der Waals surface area contributed by atoms with Gasteiger partial charge in [-0.05, 0) is 36.4 Å². The fraction of sp³-hybridized carbons (Fsp3) is 0.222. The van der Waals surface area contributed by atoms with E-state index in [1.54, 1.807) is 35.3 Å². The van der Waals surface area contributed by atoms with Gasteiger partial charge >= 0.3 is 0 Å². The first-order valence-corrected chi connectivity index (χ1v) is 9.09.